The van der Waals surface area contributed by atoms with E-state index in [2.05, 4.69) is 5.32 Å². The summed E-state index contributed by atoms with van der Waals surface area (Å²) in [6, 6.07) is 0. The predicted molar refractivity (Wildman–Crippen MR) is 51.9 cm³/mol. The number of likely N-dealkylation sites (N-methyl/N-ethyl adjacent to an activating group) is 1. The SMILES string of the molecule is CC/C=C\C(C(=O)NC)=C(C)C. The minimum atomic E-state index is -0.0142. The van der Waals surface area contributed by atoms with Crippen molar-refractivity contribution < 1.29 is 4.79 Å². The van der Waals surface area contributed by atoms with Crippen molar-refractivity contribution >= 4 is 5.91 Å². The zero-order chi connectivity index (χ0) is 9.56. The Morgan fingerprint density at radius 3 is 2.33 bits per heavy atom. The van der Waals surface area contributed by atoms with Gasteiger partial charge in [0.25, 0.3) is 5.91 Å². The molecular weight excluding hydrogens is 150 g/mol. The van der Waals surface area contributed by atoms with E-state index < -0.39 is 0 Å². The summed E-state index contributed by atoms with van der Waals surface area (Å²) >= 11 is 0. The largest absolute Gasteiger partial charge is 0.355 e. The molecule has 1 N–H and O–H groups in total. The van der Waals surface area contributed by atoms with Gasteiger partial charge >= 0.3 is 0 Å². The van der Waals surface area contributed by atoms with Crippen molar-refractivity contribution in [1.29, 1.82) is 0 Å². The van der Waals surface area contributed by atoms with Crippen LogP contribution >= 0.6 is 0 Å². The van der Waals surface area contributed by atoms with Crippen molar-refractivity contribution in [3.63, 3.8) is 0 Å². The van der Waals surface area contributed by atoms with Crippen molar-refractivity contribution in [3.8, 4) is 0 Å². The molecule has 0 aliphatic heterocycles. The minimum Gasteiger partial charge on any atom is -0.355 e. The molecule has 2 heteroatoms. The van der Waals surface area contributed by atoms with Crippen LogP contribution in [0, 0.1) is 0 Å². The summed E-state index contributed by atoms with van der Waals surface area (Å²) in [5.74, 6) is -0.0142. The highest BCUT2D eigenvalue weighted by molar-refractivity contribution is 5.96. The van der Waals surface area contributed by atoms with Crippen molar-refractivity contribution in [2.24, 2.45) is 0 Å². The Morgan fingerprint density at radius 2 is 2.00 bits per heavy atom. The molecule has 1 amide bonds. The number of hydrogen-bond acceptors (Lipinski definition) is 1. The molecule has 0 aromatic rings. The molecule has 0 rings (SSSR count). The first kappa shape index (κ1) is 11.0. The fraction of sp³-hybridized carbons (Fsp3) is 0.500. The molecule has 0 spiro atoms. The molecule has 0 aromatic heterocycles. The minimum absolute atomic E-state index is 0.0142. The molecule has 12 heavy (non-hydrogen) atoms. The van der Waals surface area contributed by atoms with E-state index in [9.17, 15) is 4.79 Å². The van der Waals surface area contributed by atoms with Crippen molar-refractivity contribution in [1.82, 2.24) is 5.32 Å². The lowest BCUT2D eigenvalue weighted by Crippen LogP contribution is -2.19. The average molecular weight is 167 g/mol. The van der Waals surface area contributed by atoms with E-state index in [-0.39, 0.29) is 5.91 Å². The van der Waals surface area contributed by atoms with Gasteiger partial charge in [0.05, 0.1) is 0 Å². The van der Waals surface area contributed by atoms with Gasteiger partial charge in [-0.15, -0.1) is 0 Å². The molecule has 0 bridgehead atoms. The third kappa shape index (κ3) is 3.37. The highest BCUT2D eigenvalue weighted by atomic mass is 16.1. The van der Waals surface area contributed by atoms with E-state index >= 15 is 0 Å². The lowest BCUT2D eigenvalue weighted by Gasteiger charge is -2.02. The maximum absolute atomic E-state index is 11.2. The monoisotopic (exact) mass is 167 g/mol. The van der Waals surface area contributed by atoms with Crippen LogP contribution in [0.3, 0.4) is 0 Å². The van der Waals surface area contributed by atoms with Crippen LogP contribution in [0.2, 0.25) is 0 Å². The summed E-state index contributed by atoms with van der Waals surface area (Å²) in [6.45, 7) is 5.91. The zero-order valence-electron chi connectivity index (χ0n) is 8.27. The Labute approximate surface area is 74.4 Å². The van der Waals surface area contributed by atoms with Crippen LogP contribution < -0.4 is 5.32 Å². The normalized spacial score (nSPS) is 10.0. The Bertz CT molecular complexity index is 210. The third-order valence-electron chi connectivity index (χ3n) is 1.53. The molecule has 0 saturated carbocycles. The Balaban J connectivity index is 4.59. The molecule has 0 unspecified atom stereocenters. The van der Waals surface area contributed by atoms with Gasteiger partial charge in [-0.3, -0.25) is 4.79 Å². The smallest absolute Gasteiger partial charge is 0.250 e. The summed E-state index contributed by atoms with van der Waals surface area (Å²) in [5.41, 5.74) is 1.80. The van der Waals surface area contributed by atoms with Crippen LogP contribution in [0.15, 0.2) is 23.3 Å². The molecule has 2 nitrogen and oxygen atoms in total. The second-order valence-corrected chi connectivity index (χ2v) is 2.80. The molecule has 0 aromatic carbocycles. The molecule has 0 atom stereocenters. The van der Waals surface area contributed by atoms with Crippen molar-refractivity contribution in [2.75, 3.05) is 7.05 Å². The fourth-order valence-corrected chi connectivity index (χ4v) is 0.840. The molecular formula is C10H17NO. The third-order valence-corrected chi connectivity index (χ3v) is 1.53. The van der Waals surface area contributed by atoms with E-state index in [0.29, 0.717) is 0 Å². The average Bonchev–Trinajstić information content (AvgIpc) is 2.04. The van der Waals surface area contributed by atoms with Crippen LogP contribution in [-0.2, 0) is 4.79 Å². The Morgan fingerprint density at radius 1 is 1.42 bits per heavy atom. The Hall–Kier alpha value is -1.05. The van der Waals surface area contributed by atoms with Crippen LogP contribution in [0.1, 0.15) is 27.2 Å². The standard InChI is InChI=1S/C10H17NO/c1-5-6-7-9(8(2)3)10(12)11-4/h6-7H,5H2,1-4H3,(H,11,12)/b7-6-. The van der Waals surface area contributed by atoms with E-state index in [4.69, 9.17) is 0 Å². The number of nitrogens with one attached hydrogen (secondary N) is 1. The zero-order valence-corrected chi connectivity index (χ0v) is 8.27. The van der Waals surface area contributed by atoms with Crippen LogP contribution in [0.5, 0.6) is 0 Å². The number of amides is 1. The van der Waals surface area contributed by atoms with Gasteiger partial charge in [0.15, 0.2) is 0 Å². The number of carbonyl (C=O) groups excluding carboxylic acids is 1. The van der Waals surface area contributed by atoms with E-state index in [1.54, 1.807) is 7.05 Å². The summed E-state index contributed by atoms with van der Waals surface area (Å²) in [5, 5.41) is 2.61. The molecule has 0 aliphatic rings. The maximum atomic E-state index is 11.2. The van der Waals surface area contributed by atoms with Gasteiger partial charge < -0.3 is 5.32 Å². The lowest BCUT2D eigenvalue weighted by molar-refractivity contribution is -0.116. The van der Waals surface area contributed by atoms with Gasteiger partial charge in [-0.05, 0) is 20.3 Å². The number of rotatable bonds is 3. The predicted octanol–water partition coefficient (Wildman–Crippen LogP) is 2.04. The molecule has 0 saturated heterocycles. The number of carbonyl (C=O) groups is 1. The van der Waals surface area contributed by atoms with Gasteiger partial charge in [-0.1, -0.05) is 24.6 Å². The van der Waals surface area contributed by atoms with Gasteiger partial charge in [0.1, 0.15) is 0 Å². The number of allylic oxidation sites excluding steroid dienone is 2. The maximum Gasteiger partial charge on any atom is 0.250 e. The summed E-state index contributed by atoms with van der Waals surface area (Å²) < 4.78 is 0. The quantitative estimate of drug-likeness (QED) is 0.506. The lowest BCUT2D eigenvalue weighted by atomic mass is 10.1. The first-order chi connectivity index (χ1) is 5.63. The highest BCUT2D eigenvalue weighted by Crippen LogP contribution is 2.05. The van der Waals surface area contributed by atoms with Gasteiger partial charge in [-0.2, -0.15) is 0 Å². The first-order valence-corrected chi connectivity index (χ1v) is 4.19. The van der Waals surface area contributed by atoms with Gasteiger partial charge in [-0.25, -0.2) is 0 Å². The first-order valence-electron chi connectivity index (χ1n) is 4.19. The van der Waals surface area contributed by atoms with E-state index in [1.807, 2.05) is 32.9 Å². The second-order valence-electron chi connectivity index (χ2n) is 2.80. The number of hydrogen-bond donors (Lipinski definition) is 1. The van der Waals surface area contributed by atoms with Crippen molar-refractivity contribution in [3.05, 3.63) is 23.3 Å². The van der Waals surface area contributed by atoms with E-state index in [1.165, 1.54) is 0 Å². The van der Waals surface area contributed by atoms with E-state index in [0.717, 1.165) is 17.6 Å². The van der Waals surface area contributed by atoms with Crippen molar-refractivity contribution in [2.45, 2.75) is 27.2 Å². The fourth-order valence-electron chi connectivity index (χ4n) is 0.840. The van der Waals surface area contributed by atoms with Gasteiger partial charge in [0, 0.05) is 12.6 Å². The van der Waals surface area contributed by atoms with Crippen LogP contribution in [0.25, 0.3) is 0 Å². The topological polar surface area (TPSA) is 29.1 Å². The summed E-state index contributed by atoms with van der Waals surface area (Å²) in [7, 11) is 1.64. The highest BCUT2D eigenvalue weighted by Gasteiger charge is 2.03. The second kappa shape index (κ2) is 5.58. The molecule has 68 valence electrons. The summed E-state index contributed by atoms with van der Waals surface area (Å²) in [4.78, 5) is 11.2. The van der Waals surface area contributed by atoms with Gasteiger partial charge in [0.2, 0.25) is 0 Å². The Kier molecular flexibility index (Phi) is 5.09. The molecule has 0 radical (unpaired) electrons. The van der Waals surface area contributed by atoms with Crippen LogP contribution in [-0.4, -0.2) is 13.0 Å². The molecule has 0 heterocycles. The van der Waals surface area contributed by atoms with Crippen LogP contribution in [0.4, 0.5) is 0 Å². The molecule has 0 aliphatic carbocycles. The summed E-state index contributed by atoms with van der Waals surface area (Å²) in [6.07, 6.45) is 4.81. The molecule has 0 fully saturated rings.